The second-order valence-corrected chi connectivity index (χ2v) is 11.6. The lowest BCUT2D eigenvalue weighted by Gasteiger charge is -2.39. The zero-order valence-electron chi connectivity index (χ0n) is 22.3. The Balaban J connectivity index is 1.20. The monoisotopic (exact) mass is 559 g/mol. The predicted molar refractivity (Wildman–Crippen MR) is 162 cm³/mol. The summed E-state index contributed by atoms with van der Waals surface area (Å²) in [6.07, 6.45) is 5.09. The number of halogens is 2. The highest BCUT2D eigenvalue weighted by Gasteiger charge is 2.27. The summed E-state index contributed by atoms with van der Waals surface area (Å²) in [5, 5.41) is 2.68. The zero-order chi connectivity index (χ0) is 26.6. The van der Waals surface area contributed by atoms with E-state index in [1.807, 2.05) is 24.3 Å². The largest absolute Gasteiger partial charge is 0.356 e. The Hall–Kier alpha value is -2.70. The molecule has 4 aromatic rings. The van der Waals surface area contributed by atoms with Crippen molar-refractivity contribution < 1.29 is 0 Å². The Bertz CT molecular complexity index is 1330. The van der Waals surface area contributed by atoms with Gasteiger partial charge >= 0.3 is 0 Å². The van der Waals surface area contributed by atoms with Crippen LogP contribution in [0.15, 0.2) is 72.8 Å². The summed E-state index contributed by atoms with van der Waals surface area (Å²) in [6.45, 7) is 6.78. The molecule has 202 valence electrons. The Morgan fingerprint density at radius 1 is 0.641 bits per heavy atom. The molecule has 0 amide bonds. The first kappa shape index (κ1) is 26.5. The molecule has 1 aromatic heterocycles. The maximum Gasteiger partial charge on any atom is 0.145 e. The lowest BCUT2D eigenvalue weighted by Crippen LogP contribution is -2.47. The van der Waals surface area contributed by atoms with Crippen LogP contribution in [0.3, 0.4) is 0 Å². The highest BCUT2D eigenvalue weighted by atomic mass is 35.5. The molecular weight excluding hydrogens is 525 g/mol. The number of rotatable bonds is 6. The molecule has 5 nitrogen and oxygen atoms in total. The topological polar surface area (TPSA) is 35.5 Å². The highest BCUT2D eigenvalue weighted by molar-refractivity contribution is 6.30. The molecule has 3 aromatic carbocycles. The van der Waals surface area contributed by atoms with E-state index in [2.05, 4.69) is 63.2 Å². The molecule has 0 saturated carbocycles. The number of nitrogens with zero attached hydrogens (tertiary/aromatic N) is 5. The normalized spacial score (nSPS) is 17.6. The van der Waals surface area contributed by atoms with Gasteiger partial charge in [0.05, 0.1) is 18.1 Å². The maximum atomic E-state index is 6.22. The van der Waals surface area contributed by atoms with Crippen LogP contribution in [0.4, 0.5) is 5.82 Å². The van der Waals surface area contributed by atoms with Crippen LogP contribution >= 0.6 is 23.2 Å². The SMILES string of the molecule is Clc1ccc(C(c2ccc(Cl)cc2)N2CCN(Cc3nc(N4CCCCCC4)c4ccccc4n3)CC2)cc1. The summed E-state index contributed by atoms with van der Waals surface area (Å²) in [4.78, 5) is 17.7. The molecule has 0 radical (unpaired) electrons. The van der Waals surface area contributed by atoms with E-state index in [0.717, 1.165) is 73.0 Å². The van der Waals surface area contributed by atoms with Crippen LogP contribution in [0, 0.1) is 0 Å². The Morgan fingerprint density at radius 3 is 1.85 bits per heavy atom. The highest BCUT2D eigenvalue weighted by Crippen LogP contribution is 2.32. The van der Waals surface area contributed by atoms with Crippen molar-refractivity contribution in [3.05, 3.63) is 99.8 Å². The molecule has 0 aliphatic carbocycles. The van der Waals surface area contributed by atoms with E-state index in [9.17, 15) is 0 Å². The second kappa shape index (κ2) is 12.2. The van der Waals surface area contributed by atoms with Crippen LogP contribution in [0.5, 0.6) is 0 Å². The number of anilines is 1. The van der Waals surface area contributed by atoms with Gasteiger partial charge in [0, 0.05) is 54.7 Å². The van der Waals surface area contributed by atoms with Gasteiger partial charge in [-0.1, -0.05) is 72.4 Å². The first-order chi connectivity index (χ1) is 19.1. The summed E-state index contributed by atoms with van der Waals surface area (Å²) in [5.74, 6) is 2.04. The molecule has 0 atom stereocenters. The Kier molecular flexibility index (Phi) is 8.31. The minimum absolute atomic E-state index is 0.160. The second-order valence-electron chi connectivity index (χ2n) is 10.7. The molecule has 6 rings (SSSR count). The summed E-state index contributed by atoms with van der Waals surface area (Å²) in [5.41, 5.74) is 3.54. The van der Waals surface area contributed by atoms with Crippen molar-refractivity contribution in [2.45, 2.75) is 38.3 Å². The van der Waals surface area contributed by atoms with E-state index in [-0.39, 0.29) is 6.04 Å². The third-order valence-electron chi connectivity index (χ3n) is 8.04. The van der Waals surface area contributed by atoms with Crippen LogP contribution < -0.4 is 4.90 Å². The number of hydrogen-bond acceptors (Lipinski definition) is 5. The minimum Gasteiger partial charge on any atom is -0.356 e. The zero-order valence-corrected chi connectivity index (χ0v) is 23.8. The van der Waals surface area contributed by atoms with E-state index in [1.165, 1.54) is 42.2 Å². The van der Waals surface area contributed by atoms with Gasteiger partial charge in [0.2, 0.25) is 0 Å². The van der Waals surface area contributed by atoms with Crippen molar-refractivity contribution >= 4 is 39.9 Å². The van der Waals surface area contributed by atoms with Crippen molar-refractivity contribution in [2.24, 2.45) is 0 Å². The summed E-state index contributed by atoms with van der Waals surface area (Å²) < 4.78 is 0. The molecule has 2 aliphatic heterocycles. The van der Waals surface area contributed by atoms with Gasteiger partial charge in [0.25, 0.3) is 0 Å². The van der Waals surface area contributed by atoms with Gasteiger partial charge in [-0.25, -0.2) is 9.97 Å². The first-order valence-electron chi connectivity index (χ1n) is 14.1. The van der Waals surface area contributed by atoms with Crippen molar-refractivity contribution in [3.63, 3.8) is 0 Å². The minimum atomic E-state index is 0.160. The molecule has 0 spiro atoms. The molecule has 0 N–H and O–H groups in total. The van der Waals surface area contributed by atoms with Crippen molar-refractivity contribution in [1.82, 2.24) is 19.8 Å². The van der Waals surface area contributed by atoms with Crippen LogP contribution in [-0.2, 0) is 6.54 Å². The number of benzene rings is 3. The van der Waals surface area contributed by atoms with Crippen LogP contribution in [0.2, 0.25) is 10.0 Å². The van der Waals surface area contributed by atoms with Crippen LogP contribution in [-0.4, -0.2) is 59.0 Å². The Morgan fingerprint density at radius 2 is 1.23 bits per heavy atom. The lowest BCUT2D eigenvalue weighted by molar-refractivity contribution is 0.103. The van der Waals surface area contributed by atoms with Gasteiger partial charge in [-0.05, 0) is 60.4 Å². The molecule has 0 unspecified atom stereocenters. The fraction of sp³-hybridized carbons (Fsp3) is 0.375. The van der Waals surface area contributed by atoms with Gasteiger partial charge < -0.3 is 4.90 Å². The maximum absolute atomic E-state index is 6.22. The number of fused-ring (bicyclic) bond motifs is 1. The first-order valence-corrected chi connectivity index (χ1v) is 14.9. The average molecular weight is 561 g/mol. The number of piperazine rings is 1. The molecule has 2 fully saturated rings. The van der Waals surface area contributed by atoms with Crippen molar-refractivity contribution in [1.29, 1.82) is 0 Å². The third-order valence-corrected chi connectivity index (χ3v) is 8.55. The molecule has 39 heavy (non-hydrogen) atoms. The van der Waals surface area contributed by atoms with E-state index >= 15 is 0 Å². The van der Waals surface area contributed by atoms with Gasteiger partial charge in [-0.3, -0.25) is 9.80 Å². The predicted octanol–water partition coefficient (Wildman–Crippen LogP) is 7.22. The number of hydrogen-bond donors (Lipinski definition) is 0. The van der Waals surface area contributed by atoms with Crippen molar-refractivity contribution in [2.75, 3.05) is 44.2 Å². The van der Waals surface area contributed by atoms with Gasteiger partial charge in [0.15, 0.2) is 0 Å². The quantitative estimate of drug-likeness (QED) is 0.249. The van der Waals surface area contributed by atoms with Gasteiger partial charge in [-0.15, -0.1) is 0 Å². The molecule has 2 saturated heterocycles. The fourth-order valence-corrected chi connectivity index (χ4v) is 6.24. The molecule has 2 aliphatic rings. The third kappa shape index (κ3) is 6.22. The lowest BCUT2D eigenvalue weighted by atomic mass is 9.96. The number of para-hydroxylation sites is 1. The van der Waals surface area contributed by atoms with Crippen molar-refractivity contribution in [3.8, 4) is 0 Å². The van der Waals surface area contributed by atoms with E-state index in [4.69, 9.17) is 33.2 Å². The summed E-state index contributed by atoms with van der Waals surface area (Å²) in [7, 11) is 0. The summed E-state index contributed by atoms with van der Waals surface area (Å²) in [6, 6.07) is 25.1. The number of aromatic nitrogens is 2. The molecule has 0 bridgehead atoms. The van der Waals surface area contributed by atoms with Crippen LogP contribution in [0.25, 0.3) is 10.9 Å². The standard InChI is InChI=1S/C32H35Cl2N5/c33-26-13-9-24(10-14-26)31(25-11-15-27(34)16-12-25)38-21-19-37(20-22-38)23-30-35-29-8-4-3-7-28(29)32(36-30)39-17-5-1-2-6-18-39/h3-4,7-16,31H,1-2,5-6,17-23H2. The van der Waals surface area contributed by atoms with Crippen LogP contribution in [0.1, 0.15) is 48.7 Å². The van der Waals surface area contributed by atoms with Gasteiger partial charge in [-0.2, -0.15) is 0 Å². The Labute approximate surface area is 241 Å². The van der Waals surface area contributed by atoms with E-state index in [1.54, 1.807) is 0 Å². The van der Waals surface area contributed by atoms with Gasteiger partial charge in [0.1, 0.15) is 11.6 Å². The smallest absolute Gasteiger partial charge is 0.145 e. The molecule has 7 heteroatoms. The average Bonchev–Trinajstić information content (AvgIpc) is 3.25. The molecular formula is C32H35Cl2N5. The molecule has 3 heterocycles. The van der Waals surface area contributed by atoms with E-state index in [0.29, 0.717) is 0 Å². The summed E-state index contributed by atoms with van der Waals surface area (Å²) >= 11 is 12.4. The fourth-order valence-electron chi connectivity index (χ4n) is 5.98. The van der Waals surface area contributed by atoms with E-state index < -0.39 is 0 Å².